The highest BCUT2D eigenvalue weighted by molar-refractivity contribution is 7.02. The molecule has 0 bridgehead atoms. The van der Waals surface area contributed by atoms with Crippen molar-refractivity contribution in [1.82, 2.24) is 9.78 Å². The average molecular weight is 326 g/mol. The van der Waals surface area contributed by atoms with Crippen LogP contribution in [0.5, 0.6) is 0 Å². The topological polar surface area (TPSA) is 21.1 Å². The second-order valence-corrected chi connectivity index (χ2v) is 16.8. The summed E-state index contributed by atoms with van der Waals surface area (Å²) in [5, 5.41) is 4.49. The van der Waals surface area contributed by atoms with Gasteiger partial charge in [0.15, 0.2) is 0 Å². The van der Waals surface area contributed by atoms with Crippen LogP contribution in [0.4, 0.5) is 5.69 Å². The van der Waals surface area contributed by atoms with Crippen molar-refractivity contribution in [2.45, 2.75) is 77.8 Å². The lowest BCUT2D eigenvalue weighted by atomic mass is 10.6. The molecular formula is C16H35N3Si2. The molecule has 0 spiro atoms. The number of aromatic nitrogens is 2. The van der Waals surface area contributed by atoms with E-state index in [1.165, 1.54) is 42.0 Å². The molecule has 0 aliphatic carbocycles. The average Bonchev–Trinajstić information content (AvgIpc) is 2.95. The van der Waals surface area contributed by atoms with E-state index in [0.717, 1.165) is 0 Å². The Labute approximate surface area is 133 Å². The van der Waals surface area contributed by atoms with Crippen LogP contribution >= 0.6 is 0 Å². The Morgan fingerprint density at radius 1 is 0.857 bits per heavy atom. The lowest BCUT2D eigenvalue weighted by molar-refractivity contribution is 0.768. The Morgan fingerprint density at radius 2 is 1.24 bits per heavy atom. The smallest absolute Gasteiger partial charge is 0.147 e. The summed E-state index contributed by atoms with van der Waals surface area (Å²) in [5.74, 6) is 0. The quantitative estimate of drug-likeness (QED) is 0.579. The standard InChI is InChI=1S/C16H35N3Si2/c1-8-20(9-2,10-3)19(16-14-17-18(7)15-16)21(11-4,12-5)13-6/h14-15H,8-13H2,1-7H3. The van der Waals surface area contributed by atoms with Crippen LogP contribution in [0, 0.1) is 0 Å². The molecule has 0 aromatic carbocycles. The first-order valence-corrected chi connectivity index (χ1v) is 13.9. The van der Waals surface area contributed by atoms with Crippen LogP contribution in [-0.4, -0.2) is 26.3 Å². The van der Waals surface area contributed by atoms with Gasteiger partial charge < -0.3 is 4.23 Å². The third-order valence-electron chi connectivity index (χ3n) is 5.85. The molecule has 1 aromatic heterocycles. The zero-order valence-electron chi connectivity index (χ0n) is 15.2. The number of nitrogens with zero attached hydrogens (tertiary/aromatic N) is 3. The first-order chi connectivity index (χ1) is 9.98. The fraction of sp³-hybridized carbons (Fsp3) is 0.812. The molecule has 1 heterocycles. The van der Waals surface area contributed by atoms with Crippen LogP contribution in [0.2, 0.25) is 36.3 Å². The normalized spacial score (nSPS) is 12.7. The fourth-order valence-corrected chi connectivity index (χ4v) is 17.1. The van der Waals surface area contributed by atoms with Crippen molar-refractivity contribution < 1.29 is 0 Å². The molecule has 0 N–H and O–H groups in total. The molecule has 0 saturated carbocycles. The Balaban J connectivity index is 3.48. The summed E-state index contributed by atoms with van der Waals surface area (Å²) in [5.41, 5.74) is 1.41. The van der Waals surface area contributed by atoms with E-state index in [1.807, 2.05) is 11.7 Å². The molecule has 0 aliphatic rings. The van der Waals surface area contributed by atoms with Crippen molar-refractivity contribution >= 4 is 22.2 Å². The lowest BCUT2D eigenvalue weighted by Crippen LogP contribution is -2.66. The first kappa shape index (κ1) is 18.5. The van der Waals surface area contributed by atoms with Crippen molar-refractivity contribution in [3.8, 4) is 0 Å². The highest BCUT2D eigenvalue weighted by Crippen LogP contribution is 2.39. The maximum absolute atomic E-state index is 4.49. The van der Waals surface area contributed by atoms with Crippen molar-refractivity contribution in [2.75, 3.05) is 4.23 Å². The van der Waals surface area contributed by atoms with Crippen LogP contribution in [0.15, 0.2) is 12.4 Å². The van der Waals surface area contributed by atoms with E-state index in [2.05, 4.69) is 63.3 Å². The van der Waals surface area contributed by atoms with Gasteiger partial charge >= 0.3 is 0 Å². The summed E-state index contributed by atoms with van der Waals surface area (Å²) < 4.78 is 4.98. The zero-order chi connectivity index (χ0) is 16.1. The molecule has 21 heavy (non-hydrogen) atoms. The first-order valence-electron chi connectivity index (χ1n) is 8.78. The van der Waals surface area contributed by atoms with Crippen LogP contribution < -0.4 is 4.23 Å². The van der Waals surface area contributed by atoms with Crippen molar-refractivity contribution in [3.63, 3.8) is 0 Å². The third kappa shape index (κ3) is 3.28. The van der Waals surface area contributed by atoms with E-state index in [4.69, 9.17) is 0 Å². The number of rotatable bonds is 9. The fourth-order valence-electron chi connectivity index (χ4n) is 4.02. The van der Waals surface area contributed by atoms with E-state index >= 15 is 0 Å². The van der Waals surface area contributed by atoms with E-state index in [1.54, 1.807) is 0 Å². The molecule has 0 amide bonds. The Kier molecular flexibility index (Phi) is 6.72. The SMILES string of the molecule is CC[Si](CC)(CC)N(c1cnn(C)c1)[Si](CC)(CC)CC. The number of hydrogen-bond donors (Lipinski definition) is 0. The van der Waals surface area contributed by atoms with Gasteiger partial charge in [0, 0.05) is 13.2 Å². The molecule has 1 aromatic rings. The van der Waals surface area contributed by atoms with Crippen LogP contribution in [-0.2, 0) is 7.05 Å². The maximum Gasteiger partial charge on any atom is 0.147 e. The second-order valence-electron chi connectivity index (χ2n) is 6.28. The summed E-state index contributed by atoms with van der Waals surface area (Å²) in [6, 6.07) is 8.11. The molecular weight excluding hydrogens is 290 g/mol. The van der Waals surface area contributed by atoms with Gasteiger partial charge in [-0.3, -0.25) is 4.68 Å². The molecule has 0 fully saturated rings. The summed E-state index contributed by atoms with van der Waals surface area (Å²) in [6.07, 6.45) is 4.37. The number of hydrogen-bond acceptors (Lipinski definition) is 2. The summed E-state index contributed by atoms with van der Waals surface area (Å²) >= 11 is 0. The Hall–Kier alpha value is -0.556. The molecule has 0 saturated heterocycles. The molecule has 0 radical (unpaired) electrons. The van der Waals surface area contributed by atoms with Gasteiger partial charge in [-0.15, -0.1) is 0 Å². The van der Waals surface area contributed by atoms with E-state index in [0.29, 0.717) is 0 Å². The van der Waals surface area contributed by atoms with Gasteiger partial charge in [-0.05, 0) is 36.3 Å². The summed E-state index contributed by atoms with van der Waals surface area (Å²) in [4.78, 5) is 0. The molecule has 3 nitrogen and oxygen atoms in total. The van der Waals surface area contributed by atoms with Crippen molar-refractivity contribution in [2.24, 2.45) is 7.05 Å². The van der Waals surface area contributed by atoms with Gasteiger partial charge in [0.25, 0.3) is 0 Å². The Bertz CT molecular complexity index is 386. The van der Waals surface area contributed by atoms with Crippen LogP contribution in [0.25, 0.3) is 0 Å². The third-order valence-corrected chi connectivity index (χ3v) is 19.0. The predicted molar refractivity (Wildman–Crippen MR) is 100 cm³/mol. The summed E-state index contributed by atoms with van der Waals surface area (Å²) in [6.45, 7) is 14.5. The lowest BCUT2D eigenvalue weighted by Gasteiger charge is -2.53. The van der Waals surface area contributed by atoms with Crippen LogP contribution in [0.3, 0.4) is 0 Å². The molecule has 0 aliphatic heterocycles. The van der Waals surface area contributed by atoms with Crippen LogP contribution in [0.1, 0.15) is 41.5 Å². The van der Waals surface area contributed by atoms with Gasteiger partial charge in [0.2, 0.25) is 0 Å². The minimum absolute atomic E-state index is 1.35. The van der Waals surface area contributed by atoms with Gasteiger partial charge in [-0.1, -0.05) is 41.5 Å². The highest BCUT2D eigenvalue weighted by Gasteiger charge is 2.46. The minimum Gasteiger partial charge on any atom is -0.421 e. The molecule has 5 heteroatoms. The van der Waals surface area contributed by atoms with Crippen molar-refractivity contribution in [3.05, 3.63) is 12.4 Å². The predicted octanol–water partition coefficient (Wildman–Crippen LogP) is 5.24. The van der Waals surface area contributed by atoms with Crippen molar-refractivity contribution in [1.29, 1.82) is 0 Å². The van der Waals surface area contributed by atoms with E-state index in [-0.39, 0.29) is 0 Å². The molecule has 1 rings (SSSR count). The van der Waals surface area contributed by atoms with E-state index < -0.39 is 16.5 Å². The van der Waals surface area contributed by atoms with Gasteiger partial charge in [-0.2, -0.15) is 5.10 Å². The Morgan fingerprint density at radius 3 is 1.48 bits per heavy atom. The highest BCUT2D eigenvalue weighted by atomic mass is 28.4. The monoisotopic (exact) mass is 325 g/mol. The largest absolute Gasteiger partial charge is 0.421 e. The minimum atomic E-state index is -1.43. The number of anilines is 1. The van der Waals surface area contributed by atoms with Gasteiger partial charge in [0.1, 0.15) is 16.5 Å². The summed E-state index contributed by atoms with van der Waals surface area (Å²) in [7, 11) is -0.818. The molecule has 122 valence electrons. The second kappa shape index (κ2) is 7.63. The van der Waals surface area contributed by atoms with E-state index in [9.17, 15) is 0 Å². The maximum atomic E-state index is 4.49. The van der Waals surface area contributed by atoms with Gasteiger partial charge in [-0.25, -0.2) is 0 Å². The zero-order valence-corrected chi connectivity index (χ0v) is 17.2. The molecule has 0 unspecified atom stereocenters. The number of aryl methyl sites for hydroxylation is 1. The molecule has 0 atom stereocenters. The van der Waals surface area contributed by atoms with Gasteiger partial charge in [0.05, 0.1) is 11.9 Å².